The lowest BCUT2D eigenvalue weighted by Gasteiger charge is -2.33. The second kappa shape index (κ2) is 28.8. The molecule has 0 aliphatic carbocycles. The number of carbonyl (C=O) groups excluding carboxylic acids is 6. The number of carboxylic acids is 2. The van der Waals surface area contributed by atoms with Gasteiger partial charge >= 0.3 is 30.1 Å². The molecule has 18 heteroatoms. The molecule has 1 aliphatic heterocycles. The highest BCUT2D eigenvalue weighted by Gasteiger charge is 2.45. The summed E-state index contributed by atoms with van der Waals surface area (Å²) in [4.78, 5) is 115. The Hall–Kier alpha value is -8.38. The molecule has 0 spiro atoms. The topological polar surface area (TPSA) is 261 Å². The molecule has 1 fully saturated rings. The number of hydrogen-bond donors (Lipinski definition) is 5. The number of aliphatic carboxylic acids is 2. The van der Waals surface area contributed by atoms with E-state index in [-0.39, 0.29) is 65.0 Å². The quantitative estimate of drug-likeness (QED) is 0.0227. The van der Waals surface area contributed by atoms with E-state index in [1.165, 1.54) is 4.90 Å². The predicted octanol–water partition coefficient (Wildman–Crippen LogP) is 6.44. The number of amides is 5. The van der Waals surface area contributed by atoms with Crippen LogP contribution in [-0.2, 0) is 75.6 Å². The molecule has 0 radical (unpaired) electrons. The highest BCUT2D eigenvalue weighted by molar-refractivity contribution is 5.99. The van der Waals surface area contributed by atoms with Gasteiger partial charge in [0.05, 0.1) is 11.8 Å². The van der Waals surface area contributed by atoms with Crippen LogP contribution in [0.3, 0.4) is 0 Å². The molecule has 394 valence electrons. The number of nitrogens with two attached hydrogens (primary N) is 1. The number of nitrogens with zero attached hydrogens (tertiary/aromatic N) is 2. The number of esters is 1. The Morgan fingerprint density at radius 2 is 1.05 bits per heavy atom. The summed E-state index contributed by atoms with van der Waals surface area (Å²) >= 11 is 0. The zero-order chi connectivity index (χ0) is 53.5. The van der Waals surface area contributed by atoms with Gasteiger partial charge in [0.15, 0.2) is 0 Å². The fourth-order valence-electron chi connectivity index (χ4n) is 8.80. The Kier molecular flexibility index (Phi) is 21.4. The van der Waals surface area contributed by atoms with Crippen molar-refractivity contribution >= 4 is 47.8 Å². The SMILES string of the molecule is NCCCC[C@@H](C(=O)N[C@@H](CC(Cc1ccccc1)C(=O)O)C(=O)N[C@H](C(=O)N1CCC[C@H]1C(=O)OCc1ccccc1)C(Cc1ccccc1)C(=O)O)N(C(=O)OCc1ccccc1)C(=O)OCc1ccccc1. The Morgan fingerprint density at radius 1 is 0.587 bits per heavy atom. The van der Waals surface area contributed by atoms with Gasteiger partial charge in [-0.1, -0.05) is 152 Å². The van der Waals surface area contributed by atoms with E-state index in [0.29, 0.717) is 45.6 Å². The number of benzene rings is 5. The molecule has 75 heavy (non-hydrogen) atoms. The standard InChI is InChI=1S/C57H63N5O13/c58-31-17-16-29-47(62(56(71)74-37-42-25-12-4-13-26-42)57(72)75-38-43-27-14-5-15-28-43)51(64)59-46(35-44(53(66)67)33-39-19-6-1-7-20-39)50(63)60-49(45(54(68)69)34-40-21-8-2-9-22-40)52(65)61-32-18-30-48(61)55(70)73-36-41-23-10-3-11-24-41/h1-15,19-28,44-49H,16-18,29-38,58H2,(H,59,64)(H,60,63)(H,66,67)(H,68,69)/t44?,45?,46-,47-,48-,49-/m0/s1. The molecular weight excluding hydrogens is 963 g/mol. The zero-order valence-electron chi connectivity index (χ0n) is 41.4. The fraction of sp³-hybridized carbons (Fsp3) is 0.333. The van der Waals surface area contributed by atoms with Crippen LogP contribution in [-0.4, -0.2) is 105 Å². The monoisotopic (exact) mass is 1030 g/mol. The summed E-state index contributed by atoms with van der Waals surface area (Å²) in [5, 5.41) is 26.7. The second-order valence-corrected chi connectivity index (χ2v) is 18.2. The number of carboxylic acid groups (broad SMARTS) is 2. The first kappa shape index (κ1) is 55.9. The molecule has 6 atom stereocenters. The molecular formula is C57H63N5O13. The average Bonchev–Trinajstić information content (AvgIpc) is 3.93. The highest BCUT2D eigenvalue weighted by Crippen LogP contribution is 2.25. The molecule has 2 unspecified atom stereocenters. The molecule has 0 bridgehead atoms. The minimum atomic E-state index is -1.90. The molecule has 1 aliphatic rings. The van der Waals surface area contributed by atoms with Gasteiger partial charge < -0.3 is 45.7 Å². The Morgan fingerprint density at radius 3 is 1.52 bits per heavy atom. The number of unbranched alkanes of at least 4 members (excludes halogenated alkanes) is 1. The van der Waals surface area contributed by atoms with Crippen LogP contribution in [0.4, 0.5) is 9.59 Å². The fourth-order valence-corrected chi connectivity index (χ4v) is 8.80. The normalized spacial score (nSPS) is 14.9. The van der Waals surface area contributed by atoms with Crippen LogP contribution < -0.4 is 16.4 Å². The third kappa shape index (κ3) is 16.8. The smallest absolute Gasteiger partial charge is 0.420 e. The van der Waals surface area contributed by atoms with Crippen molar-refractivity contribution in [2.75, 3.05) is 13.1 Å². The third-order valence-electron chi connectivity index (χ3n) is 12.8. The van der Waals surface area contributed by atoms with Crippen molar-refractivity contribution in [1.29, 1.82) is 0 Å². The summed E-state index contributed by atoms with van der Waals surface area (Å²) in [6, 6.07) is 36.2. The molecule has 5 aromatic carbocycles. The summed E-state index contributed by atoms with van der Waals surface area (Å²) in [5.41, 5.74) is 8.73. The molecule has 5 amide bonds. The number of likely N-dealkylation sites (tertiary alicyclic amines) is 1. The Balaban J connectivity index is 1.37. The minimum absolute atomic E-state index is 0.00731. The van der Waals surface area contributed by atoms with Crippen molar-refractivity contribution in [3.05, 3.63) is 179 Å². The van der Waals surface area contributed by atoms with Crippen molar-refractivity contribution in [2.45, 2.75) is 95.4 Å². The van der Waals surface area contributed by atoms with E-state index >= 15 is 9.59 Å². The lowest BCUT2D eigenvalue weighted by Crippen LogP contribution is -2.61. The summed E-state index contributed by atoms with van der Waals surface area (Å²) in [6.45, 7) is -0.541. The molecule has 0 aromatic heterocycles. The van der Waals surface area contributed by atoms with Gasteiger partial charge in [-0.2, -0.15) is 4.90 Å². The molecule has 1 saturated heterocycles. The van der Waals surface area contributed by atoms with E-state index in [0.717, 1.165) is 0 Å². The van der Waals surface area contributed by atoms with E-state index in [2.05, 4.69) is 10.6 Å². The maximum Gasteiger partial charge on any atom is 0.420 e. The first-order valence-electron chi connectivity index (χ1n) is 24.9. The summed E-state index contributed by atoms with van der Waals surface area (Å²) in [5.74, 6) is -9.81. The van der Waals surface area contributed by atoms with Gasteiger partial charge in [-0.3, -0.25) is 24.0 Å². The summed E-state index contributed by atoms with van der Waals surface area (Å²) in [6.07, 6.45) is -2.76. The van der Waals surface area contributed by atoms with Crippen LogP contribution in [0, 0.1) is 11.8 Å². The van der Waals surface area contributed by atoms with E-state index in [1.54, 1.807) is 152 Å². The predicted molar refractivity (Wildman–Crippen MR) is 274 cm³/mol. The molecule has 6 rings (SSSR count). The number of carbonyl (C=O) groups is 8. The zero-order valence-corrected chi connectivity index (χ0v) is 41.4. The number of hydrogen-bond acceptors (Lipinski definition) is 12. The van der Waals surface area contributed by atoms with Crippen molar-refractivity contribution in [2.24, 2.45) is 17.6 Å². The van der Waals surface area contributed by atoms with Crippen molar-refractivity contribution in [3.63, 3.8) is 0 Å². The maximum atomic E-state index is 15.1. The van der Waals surface area contributed by atoms with Crippen molar-refractivity contribution in [3.8, 4) is 0 Å². The van der Waals surface area contributed by atoms with Crippen LogP contribution in [0.1, 0.15) is 66.3 Å². The lowest BCUT2D eigenvalue weighted by atomic mass is 9.89. The van der Waals surface area contributed by atoms with Gasteiger partial charge in [0.1, 0.15) is 44.0 Å². The minimum Gasteiger partial charge on any atom is -0.481 e. The average molecular weight is 1030 g/mol. The van der Waals surface area contributed by atoms with E-state index in [4.69, 9.17) is 19.9 Å². The Labute approximate surface area is 435 Å². The number of ether oxygens (including phenoxy) is 3. The van der Waals surface area contributed by atoms with Crippen LogP contribution in [0.15, 0.2) is 152 Å². The largest absolute Gasteiger partial charge is 0.481 e. The molecule has 5 aromatic rings. The second-order valence-electron chi connectivity index (χ2n) is 18.2. The van der Waals surface area contributed by atoms with Crippen molar-refractivity contribution < 1.29 is 62.8 Å². The van der Waals surface area contributed by atoms with Crippen LogP contribution in [0.25, 0.3) is 0 Å². The molecule has 0 saturated carbocycles. The van der Waals surface area contributed by atoms with Crippen LogP contribution in [0.2, 0.25) is 0 Å². The van der Waals surface area contributed by atoms with Gasteiger partial charge in [-0.05, 0) is 85.7 Å². The number of nitrogens with one attached hydrogen (secondary N) is 2. The highest BCUT2D eigenvalue weighted by atomic mass is 16.6. The van der Waals surface area contributed by atoms with E-state index in [9.17, 15) is 39.0 Å². The maximum absolute atomic E-state index is 15.1. The number of imide groups is 1. The van der Waals surface area contributed by atoms with E-state index < -0.39 is 90.2 Å². The first-order chi connectivity index (χ1) is 36.3. The summed E-state index contributed by atoms with van der Waals surface area (Å²) < 4.78 is 16.8. The molecule has 18 nitrogen and oxygen atoms in total. The molecule has 1 heterocycles. The van der Waals surface area contributed by atoms with Gasteiger partial charge in [0.25, 0.3) is 0 Å². The van der Waals surface area contributed by atoms with E-state index in [1.807, 2.05) is 0 Å². The molecule has 6 N–H and O–H groups in total. The van der Waals surface area contributed by atoms with Crippen molar-refractivity contribution in [1.82, 2.24) is 20.4 Å². The summed E-state index contributed by atoms with van der Waals surface area (Å²) in [7, 11) is 0. The lowest BCUT2D eigenvalue weighted by molar-refractivity contribution is -0.157. The Bertz CT molecular complexity index is 2610. The third-order valence-corrected chi connectivity index (χ3v) is 12.8. The van der Waals surface area contributed by atoms with Gasteiger partial charge in [0.2, 0.25) is 17.7 Å². The van der Waals surface area contributed by atoms with Crippen LogP contribution in [0.5, 0.6) is 0 Å². The first-order valence-corrected chi connectivity index (χ1v) is 24.9. The van der Waals surface area contributed by atoms with Crippen LogP contribution >= 0.6 is 0 Å². The van der Waals surface area contributed by atoms with Gasteiger partial charge in [-0.25, -0.2) is 14.4 Å². The van der Waals surface area contributed by atoms with Gasteiger partial charge in [0, 0.05) is 6.54 Å². The number of rotatable bonds is 26. The van der Waals surface area contributed by atoms with Gasteiger partial charge in [-0.15, -0.1) is 0 Å².